The molecule has 0 fully saturated rings. The number of tetrazole rings is 1. The molecule has 0 spiro atoms. The zero-order valence-electron chi connectivity index (χ0n) is 14.0. The van der Waals surface area contributed by atoms with E-state index in [1.807, 2.05) is 0 Å². The predicted molar refractivity (Wildman–Crippen MR) is 91.4 cm³/mol. The molecule has 0 saturated heterocycles. The van der Waals surface area contributed by atoms with E-state index in [0.29, 0.717) is 28.3 Å². The van der Waals surface area contributed by atoms with Crippen molar-refractivity contribution in [3.63, 3.8) is 0 Å². The summed E-state index contributed by atoms with van der Waals surface area (Å²) in [6.07, 6.45) is 1.43. The Morgan fingerprint density at radius 1 is 1.04 bits per heavy atom. The number of rotatable bonds is 5. The summed E-state index contributed by atoms with van der Waals surface area (Å²) in [5.74, 6) is -0.311. The van der Waals surface area contributed by atoms with Crippen LogP contribution in [0.15, 0.2) is 48.8 Å². The van der Waals surface area contributed by atoms with E-state index in [0.717, 1.165) is 0 Å². The van der Waals surface area contributed by atoms with Crippen molar-refractivity contribution in [2.75, 3.05) is 19.5 Å². The minimum atomic E-state index is -0.439. The monoisotopic (exact) mass is 353 g/mol. The number of aromatic nitrogens is 4. The van der Waals surface area contributed by atoms with Crippen molar-refractivity contribution >= 4 is 17.6 Å². The van der Waals surface area contributed by atoms with Crippen molar-refractivity contribution in [1.29, 1.82) is 0 Å². The fourth-order valence-corrected chi connectivity index (χ4v) is 2.29. The maximum Gasteiger partial charge on any atom is 0.337 e. The van der Waals surface area contributed by atoms with E-state index >= 15 is 0 Å². The summed E-state index contributed by atoms with van der Waals surface area (Å²) in [6.45, 7) is 0. The number of amides is 1. The van der Waals surface area contributed by atoms with E-state index < -0.39 is 5.97 Å². The Kier molecular flexibility index (Phi) is 4.88. The van der Waals surface area contributed by atoms with E-state index in [-0.39, 0.29) is 5.91 Å². The number of nitrogens with one attached hydrogen (secondary N) is 1. The molecule has 3 rings (SSSR count). The second kappa shape index (κ2) is 7.43. The van der Waals surface area contributed by atoms with Crippen molar-refractivity contribution in [3.8, 4) is 11.4 Å². The van der Waals surface area contributed by atoms with Gasteiger partial charge in [0.2, 0.25) is 0 Å². The largest absolute Gasteiger partial charge is 0.494 e. The lowest BCUT2D eigenvalue weighted by Crippen LogP contribution is -2.13. The highest BCUT2D eigenvalue weighted by Gasteiger charge is 2.13. The van der Waals surface area contributed by atoms with Crippen LogP contribution in [0.4, 0.5) is 5.69 Å². The number of nitrogens with zero attached hydrogens (tertiary/aromatic N) is 4. The SMILES string of the molecule is COC(=O)c1ccc(NC(=O)c2ccc(-n3cnnn3)c(OC)c2)cc1. The van der Waals surface area contributed by atoms with Gasteiger partial charge in [-0.3, -0.25) is 4.79 Å². The summed E-state index contributed by atoms with van der Waals surface area (Å²) in [5, 5.41) is 13.7. The summed E-state index contributed by atoms with van der Waals surface area (Å²) in [4.78, 5) is 23.9. The van der Waals surface area contributed by atoms with Gasteiger partial charge < -0.3 is 14.8 Å². The number of hydrogen-bond acceptors (Lipinski definition) is 7. The minimum Gasteiger partial charge on any atom is -0.494 e. The van der Waals surface area contributed by atoms with Crippen LogP contribution in [0.25, 0.3) is 5.69 Å². The summed E-state index contributed by atoms with van der Waals surface area (Å²) in [6, 6.07) is 11.3. The number of benzene rings is 2. The Hall–Kier alpha value is -3.75. The van der Waals surface area contributed by atoms with Crippen LogP contribution in [-0.4, -0.2) is 46.3 Å². The van der Waals surface area contributed by atoms with Crippen LogP contribution < -0.4 is 10.1 Å². The van der Waals surface area contributed by atoms with E-state index in [9.17, 15) is 9.59 Å². The Morgan fingerprint density at radius 2 is 1.77 bits per heavy atom. The summed E-state index contributed by atoms with van der Waals surface area (Å²) < 4.78 is 11.4. The third-order valence-electron chi connectivity index (χ3n) is 3.60. The number of carbonyl (C=O) groups excluding carboxylic acids is 2. The highest BCUT2D eigenvalue weighted by molar-refractivity contribution is 6.05. The molecule has 0 aliphatic heterocycles. The van der Waals surface area contributed by atoms with Crippen molar-refractivity contribution < 1.29 is 19.1 Å². The van der Waals surface area contributed by atoms with Crippen LogP contribution in [-0.2, 0) is 4.74 Å². The quantitative estimate of drug-likeness (QED) is 0.696. The van der Waals surface area contributed by atoms with E-state index in [2.05, 4.69) is 25.6 Å². The number of ether oxygens (including phenoxy) is 2. The molecule has 0 aliphatic rings. The topological polar surface area (TPSA) is 108 Å². The standard InChI is InChI=1S/C17H15N5O4/c1-25-15-9-12(5-8-14(15)22-10-18-20-21-22)16(23)19-13-6-3-11(4-7-13)17(24)26-2/h3-10H,1-2H3,(H,19,23). The van der Waals surface area contributed by atoms with Gasteiger partial charge in [0.25, 0.3) is 5.91 Å². The van der Waals surface area contributed by atoms with Crippen LogP contribution in [0.2, 0.25) is 0 Å². The Morgan fingerprint density at radius 3 is 2.38 bits per heavy atom. The average molecular weight is 353 g/mol. The van der Waals surface area contributed by atoms with Crippen LogP contribution in [0.5, 0.6) is 5.75 Å². The van der Waals surface area contributed by atoms with Crippen LogP contribution in [0.1, 0.15) is 20.7 Å². The first-order valence-corrected chi connectivity index (χ1v) is 7.53. The lowest BCUT2D eigenvalue weighted by molar-refractivity contribution is 0.0600. The molecule has 0 unspecified atom stereocenters. The Bertz CT molecular complexity index is 923. The summed E-state index contributed by atoms with van der Waals surface area (Å²) in [7, 11) is 2.81. The van der Waals surface area contributed by atoms with Gasteiger partial charge in [0, 0.05) is 11.3 Å². The first kappa shape index (κ1) is 17.1. The average Bonchev–Trinajstić information content (AvgIpc) is 3.22. The molecular weight excluding hydrogens is 338 g/mol. The highest BCUT2D eigenvalue weighted by atomic mass is 16.5. The van der Waals surface area contributed by atoms with Crippen molar-refractivity contribution in [1.82, 2.24) is 20.2 Å². The molecular formula is C17H15N5O4. The van der Waals surface area contributed by atoms with E-state index in [1.165, 1.54) is 25.2 Å². The zero-order chi connectivity index (χ0) is 18.5. The molecule has 1 heterocycles. The maximum absolute atomic E-state index is 12.4. The maximum atomic E-state index is 12.4. The third kappa shape index (κ3) is 3.51. The molecule has 0 bridgehead atoms. The van der Waals surface area contributed by atoms with Gasteiger partial charge in [-0.1, -0.05) is 0 Å². The Balaban J connectivity index is 1.78. The molecule has 1 amide bonds. The molecule has 0 saturated carbocycles. The molecule has 3 aromatic rings. The second-order valence-electron chi connectivity index (χ2n) is 5.16. The highest BCUT2D eigenvalue weighted by Crippen LogP contribution is 2.24. The molecule has 132 valence electrons. The summed E-state index contributed by atoms with van der Waals surface area (Å²) >= 11 is 0. The number of hydrogen-bond donors (Lipinski definition) is 1. The number of methoxy groups -OCH3 is 2. The fourth-order valence-electron chi connectivity index (χ4n) is 2.29. The molecule has 9 nitrogen and oxygen atoms in total. The summed E-state index contributed by atoms with van der Waals surface area (Å²) in [5.41, 5.74) is 1.95. The number of carbonyl (C=O) groups is 2. The molecule has 0 aliphatic carbocycles. The van der Waals surface area contributed by atoms with Gasteiger partial charge in [-0.2, -0.15) is 4.68 Å². The van der Waals surface area contributed by atoms with Crippen molar-refractivity contribution in [2.45, 2.75) is 0 Å². The van der Waals surface area contributed by atoms with Gasteiger partial charge in [-0.25, -0.2) is 4.79 Å². The fraction of sp³-hybridized carbons (Fsp3) is 0.118. The van der Waals surface area contributed by atoms with Crippen LogP contribution in [0.3, 0.4) is 0 Å². The van der Waals surface area contributed by atoms with Gasteiger partial charge >= 0.3 is 5.97 Å². The lowest BCUT2D eigenvalue weighted by atomic mass is 10.1. The molecule has 9 heteroatoms. The first-order chi connectivity index (χ1) is 12.6. The van der Waals surface area contributed by atoms with Crippen LogP contribution in [0, 0.1) is 0 Å². The van der Waals surface area contributed by atoms with Crippen molar-refractivity contribution in [2.24, 2.45) is 0 Å². The van der Waals surface area contributed by atoms with Gasteiger partial charge in [-0.15, -0.1) is 5.10 Å². The lowest BCUT2D eigenvalue weighted by Gasteiger charge is -2.10. The molecule has 2 aromatic carbocycles. The van der Waals surface area contributed by atoms with E-state index in [1.54, 1.807) is 42.5 Å². The molecule has 26 heavy (non-hydrogen) atoms. The number of esters is 1. The minimum absolute atomic E-state index is 0.322. The third-order valence-corrected chi connectivity index (χ3v) is 3.60. The van der Waals surface area contributed by atoms with E-state index in [4.69, 9.17) is 4.74 Å². The second-order valence-corrected chi connectivity index (χ2v) is 5.16. The zero-order valence-corrected chi connectivity index (χ0v) is 14.0. The number of anilines is 1. The van der Waals surface area contributed by atoms with Gasteiger partial charge in [-0.05, 0) is 52.9 Å². The molecule has 1 N–H and O–H groups in total. The van der Waals surface area contributed by atoms with Gasteiger partial charge in [0.05, 0.1) is 19.8 Å². The predicted octanol–water partition coefficient (Wildman–Crippen LogP) is 1.71. The smallest absolute Gasteiger partial charge is 0.337 e. The molecule has 0 atom stereocenters. The Labute approximate surface area is 148 Å². The van der Waals surface area contributed by atoms with Gasteiger partial charge in [0.1, 0.15) is 17.8 Å². The van der Waals surface area contributed by atoms with Crippen molar-refractivity contribution in [3.05, 3.63) is 59.9 Å². The van der Waals surface area contributed by atoms with Crippen LogP contribution >= 0.6 is 0 Å². The normalized spacial score (nSPS) is 10.2. The molecule has 0 radical (unpaired) electrons. The molecule has 1 aromatic heterocycles. The first-order valence-electron chi connectivity index (χ1n) is 7.53. The van der Waals surface area contributed by atoms with Gasteiger partial charge in [0.15, 0.2) is 0 Å².